The van der Waals surface area contributed by atoms with Gasteiger partial charge in [0.2, 0.25) is 0 Å². The zero-order valence-corrected chi connectivity index (χ0v) is 13.8. The van der Waals surface area contributed by atoms with E-state index in [1.54, 1.807) is 18.0 Å². The van der Waals surface area contributed by atoms with E-state index in [0.717, 1.165) is 27.8 Å². The Morgan fingerprint density at radius 3 is 2.68 bits per heavy atom. The molecule has 0 spiro atoms. The lowest BCUT2D eigenvalue weighted by Crippen LogP contribution is -2.05. The summed E-state index contributed by atoms with van der Waals surface area (Å²) in [6, 6.07) is 15.6. The minimum atomic E-state index is 0.636. The van der Waals surface area contributed by atoms with Gasteiger partial charge in [0.05, 0.1) is 12.8 Å². The minimum absolute atomic E-state index is 0.636. The van der Waals surface area contributed by atoms with Crippen molar-refractivity contribution in [2.24, 2.45) is 5.10 Å². The summed E-state index contributed by atoms with van der Waals surface area (Å²) in [4.78, 5) is 0. The van der Waals surface area contributed by atoms with Gasteiger partial charge in [0.15, 0.2) is 11.5 Å². The highest BCUT2D eigenvalue weighted by atomic mass is 16.5. The normalized spacial score (nSPS) is 11.8. The first-order chi connectivity index (χ1) is 12.3. The van der Waals surface area contributed by atoms with Crippen LogP contribution in [0.3, 0.4) is 0 Å². The number of methoxy groups -OCH3 is 1. The molecule has 25 heavy (non-hydrogen) atoms. The molecule has 0 saturated carbocycles. The van der Waals surface area contributed by atoms with E-state index in [1.165, 1.54) is 0 Å². The van der Waals surface area contributed by atoms with Crippen LogP contribution in [0.2, 0.25) is 0 Å². The molecule has 0 aliphatic carbocycles. The maximum atomic E-state index is 5.39. The largest absolute Gasteiger partial charge is 0.496 e. The molecule has 0 unspecified atom stereocenters. The third-order valence-corrected chi connectivity index (χ3v) is 3.99. The number of benzene rings is 2. The second-order valence-corrected chi connectivity index (χ2v) is 5.50. The topological polar surface area (TPSA) is 76.7 Å². The first-order valence-electron chi connectivity index (χ1n) is 7.80. The summed E-state index contributed by atoms with van der Waals surface area (Å²) < 4.78 is 7.03. The Bertz CT molecular complexity index is 1090. The number of hydrazone groups is 1. The predicted octanol–water partition coefficient (Wildman–Crippen LogP) is 3.12. The van der Waals surface area contributed by atoms with Gasteiger partial charge in [-0.15, -0.1) is 15.3 Å². The third kappa shape index (κ3) is 2.65. The van der Waals surface area contributed by atoms with Crippen molar-refractivity contribution in [1.29, 1.82) is 0 Å². The molecule has 2 heterocycles. The van der Waals surface area contributed by atoms with Crippen molar-refractivity contribution in [2.75, 3.05) is 12.5 Å². The molecule has 4 aromatic rings. The van der Waals surface area contributed by atoms with Gasteiger partial charge in [-0.25, -0.2) is 0 Å². The Hall–Kier alpha value is -3.48. The molecular formula is C18H16N6O. The number of nitrogens with one attached hydrogen (secondary N) is 1. The first kappa shape index (κ1) is 15.1. The lowest BCUT2D eigenvalue weighted by atomic mass is 10.1. The van der Waals surface area contributed by atoms with Crippen molar-refractivity contribution in [3.8, 4) is 5.75 Å². The number of anilines is 1. The molecule has 0 aliphatic rings. The number of nitrogens with zero attached hydrogens (tertiary/aromatic N) is 5. The molecule has 4 rings (SSSR count). The molecular weight excluding hydrogens is 316 g/mol. The molecule has 0 radical (unpaired) electrons. The molecule has 1 N–H and O–H groups in total. The van der Waals surface area contributed by atoms with Crippen molar-refractivity contribution in [3.63, 3.8) is 0 Å². The average Bonchev–Trinajstić information content (AvgIpc) is 3.14. The summed E-state index contributed by atoms with van der Waals surface area (Å²) in [7, 11) is 1.65. The highest BCUT2D eigenvalue weighted by molar-refractivity contribution is 6.03. The molecule has 0 atom stereocenters. The molecule has 7 heteroatoms. The summed E-state index contributed by atoms with van der Waals surface area (Å²) in [5, 5.41) is 18.9. The number of para-hydroxylation sites is 1. The van der Waals surface area contributed by atoms with Gasteiger partial charge < -0.3 is 4.74 Å². The summed E-state index contributed by atoms with van der Waals surface area (Å²) >= 11 is 0. The molecule has 0 bridgehead atoms. The SMILES string of the molecule is COc1ccccc1C(C)=NNc1nn2cnnc2c2ccccc12. The van der Waals surface area contributed by atoms with Crippen LogP contribution in [-0.2, 0) is 0 Å². The zero-order chi connectivity index (χ0) is 17.2. The van der Waals surface area contributed by atoms with Gasteiger partial charge in [0.1, 0.15) is 12.1 Å². The number of hydrogen-bond donors (Lipinski definition) is 1. The molecule has 0 saturated heterocycles. The molecule has 0 fully saturated rings. The van der Waals surface area contributed by atoms with Gasteiger partial charge >= 0.3 is 0 Å². The summed E-state index contributed by atoms with van der Waals surface area (Å²) in [6.07, 6.45) is 1.57. The fourth-order valence-electron chi connectivity index (χ4n) is 2.75. The minimum Gasteiger partial charge on any atom is -0.496 e. The lowest BCUT2D eigenvalue weighted by Gasteiger charge is -2.09. The Morgan fingerprint density at radius 2 is 1.84 bits per heavy atom. The van der Waals surface area contributed by atoms with E-state index in [-0.39, 0.29) is 0 Å². The Labute approximate surface area is 144 Å². The maximum Gasteiger partial charge on any atom is 0.185 e. The van der Waals surface area contributed by atoms with E-state index in [9.17, 15) is 0 Å². The molecule has 0 amide bonds. The van der Waals surface area contributed by atoms with Crippen LogP contribution in [0.1, 0.15) is 12.5 Å². The van der Waals surface area contributed by atoms with Crippen molar-refractivity contribution in [1.82, 2.24) is 19.8 Å². The molecule has 0 aliphatic heterocycles. The highest BCUT2D eigenvalue weighted by Crippen LogP contribution is 2.24. The fourth-order valence-corrected chi connectivity index (χ4v) is 2.75. The van der Waals surface area contributed by atoms with E-state index >= 15 is 0 Å². The van der Waals surface area contributed by atoms with Gasteiger partial charge in [-0.05, 0) is 19.1 Å². The van der Waals surface area contributed by atoms with Crippen LogP contribution in [0, 0.1) is 0 Å². The molecule has 2 aromatic carbocycles. The van der Waals surface area contributed by atoms with E-state index in [1.807, 2.05) is 55.5 Å². The quantitative estimate of drug-likeness (QED) is 0.459. The first-order valence-corrected chi connectivity index (χ1v) is 7.80. The Morgan fingerprint density at radius 1 is 1.08 bits per heavy atom. The van der Waals surface area contributed by atoms with Gasteiger partial charge in [0.25, 0.3) is 0 Å². The van der Waals surface area contributed by atoms with Crippen LogP contribution in [0.4, 0.5) is 5.82 Å². The van der Waals surface area contributed by atoms with Crippen LogP contribution >= 0.6 is 0 Å². The van der Waals surface area contributed by atoms with E-state index < -0.39 is 0 Å². The number of aromatic nitrogens is 4. The molecule has 2 aromatic heterocycles. The van der Waals surface area contributed by atoms with Gasteiger partial charge in [-0.2, -0.15) is 9.62 Å². The van der Waals surface area contributed by atoms with Gasteiger partial charge in [-0.3, -0.25) is 5.43 Å². The van der Waals surface area contributed by atoms with Crippen LogP contribution in [0.5, 0.6) is 5.75 Å². The van der Waals surface area contributed by atoms with Crippen molar-refractivity contribution >= 4 is 27.9 Å². The number of fused-ring (bicyclic) bond motifs is 3. The standard InChI is InChI=1S/C18H16N6O/c1-12(13-7-5-6-10-16(13)25-2)20-21-17-14-8-3-4-9-15(14)18-22-19-11-24(18)23-17/h3-11H,1-2H3,(H,21,23). The van der Waals surface area contributed by atoms with Crippen LogP contribution in [0.25, 0.3) is 16.4 Å². The van der Waals surface area contributed by atoms with Gasteiger partial charge in [-0.1, -0.05) is 36.4 Å². The fraction of sp³-hybridized carbons (Fsp3) is 0.111. The molecule has 124 valence electrons. The summed E-state index contributed by atoms with van der Waals surface area (Å²) in [5.41, 5.74) is 5.50. The van der Waals surface area contributed by atoms with Crippen LogP contribution < -0.4 is 10.2 Å². The third-order valence-electron chi connectivity index (χ3n) is 3.99. The van der Waals surface area contributed by atoms with Crippen molar-refractivity contribution < 1.29 is 4.74 Å². The van der Waals surface area contributed by atoms with Crippen LogP contribution in [-0.4, -0.2) is 32.6 Å². The second-order valence-electron chi connectivity index (χ2n) is 5.50. The lowest BCUT2D eigenvalue weighted by molar-refractivity contribution is 0.414. The monoisotopic (exact) mass is 332 g/mol. The highest BCUT2D eigenvalue weighted by Gasteiger charge is 2.10. The maximum absolute atomic E-state index is 5.39. The smallest absolute Gasteiger partial charge is 0.185 e. The van der Waals surface area contributed by atoms with Crippen molar-refractivity contribution in [2.45, 2.75) is 6.92 Å². The average molecular weight is 332 g/mol. The van der Waals surface area contributed by atoms with Gasteiger partial charge in [0, 0.05) is 16.3 Å². The second kappa shape index (κ2) is 6.20. The Kier molecular flexibility index (Phi) is 3.74. The van der Waals surface area contributed by atoms with E-state index in [4.69, 9.17) is 4.74 Å². The predicted molar refractivity (Wildman–Crippen MR) is 97.1 cm³/mol. The van der Waals surface area contributed by atoms with E-state index in [0.29, 0.717) is 11.5 Å². The summed E-state index contributed by atoms with van der Waals surface area (Å²) in [6.45, 7) is 1.92. The molecule has 7 nitrogen and oxygen atoms in total. The van der Waals surface area contributed by atoms with E-state index in [2.05, 4.69) is 25.8 Å². The summed E-state index contributed by atoms with van der Waals surface area (Å²) in [5.74, 6) is 1.41. The van der Waals surface area contributed by atoms with Crippen LogP contribution in [0.15, 0.2) is 60.0 Å². The zero-order valence-electron chi connectivity index (χ0n) is 13.8. The number of ether oxygens (including phenoxy) is 1. The van der Waals surface area contributed by atoms with Crippen molar-refractivity contribution in [3.05, 3.63) is 60.4 Å². The number of rotatable bonds is 4. The number of hydrogen-bond acceptors (Lipinski definition) is 6. The Balaban J connectivity index is 1.77.